The molecule has 3 aromatic rings. The molecule has 4 heterocycles. The Balaban J connectivity index is 1.76. The highest BCUT2D eigenvalue weighted by Crippen LogP contribution is 2.50. The van der Waals surface area contributed by atoms with E-state index in [1.165, 1.54) is 0 Å². The first-order valence-corrected chi connectivity index (χ1v) is 10.5. The molecule has 2 amide bonds. The molecule has 1 saturated heterocycles. The highest BCUT2D eigenvalue weighted by molar-refractivity contribution is 7.11. The summed E-state index contributed by atoms with van der Waals surface area (Å²) in [6.45, 7) is 0.671. The van der Waals surface area contributed by atoms with Gasteiger partial charge in [-0.15, -0.1) is 0 Å². The van der Waals surface area contributed by atoms with Crippen LogP contribution in [0.1, 0.15) is 32.0 Å². The van der Waals surface area contributed by atoms with Crippen LogP contribution in [0, 0.1) is 0 Å². The number of fused-ring (bicyclic) bond motifs is 3. The van der Waals surface area contributed by atoms with Gasteiger partial charge < -0.3 is 9.80 Å². The fourth-order valence-electron chi connectivity index (χ4n) is 4.13. The Kier molecular flexibility index (Phi) is 4.33. The van der Waals surface area contributed by atoms with E-state index in [4.69, 9.17) is 34.8 Å². The van der Waals surface area contributed by atoms with E-state index in [1.807, 2.05) is 12.1 Å². The van der Waals surface area contributed by atoms with E-state index in [9.17, 15) is 9.59 Å². The molecular formula is C19H11Cl3N4O2S. The standard InChI is InChI=1S/C19H11Cl3N4O2S/c20-11-3-1-10(2-4-11)19-13-9-23-6-5-12(13)17(27)25(19)7-8-26(19)18(28)15-14(21)16(22)29-24-15/h1-6,9H,7-8H2. The number of aromatic nitrogens is 2. The summed E-state index contributed by atoms with van der Waals surface area (Å²) >= 11 is 19.3. The molecule has 0 saturated carbocycles. The van der Waals surface area contributed by atoms with Gasteiger partial charge in [0.2, 0.25) is 0 Å². The molecule has 0 N–H and O–H groups in total. The molecule has 2 aliphatic heterocycles. The number of benzene rings is 1. The van der Waals surface area contributed by atoms with Crippen molar-refractivity contribution in [3.63, 3.8) is 0 Å². The zero-order chi connectivity index (χ0) is 20.3. The first-order chi connectivity index (χ1) is 14.0. The Morgan fingerprint density at radius 1 is 1.10 bits per heavy atom. The molecule has 5 rings (SSSR count). The third-order valence-electron chi connectivity index (χ3n) is 5.29. The van der Waals surface area contributed by atoms with Crippen molar-refractivity contribution in [2.75, 3.05) is 13.1 Å². The van der Waals surface area contributed by atoms with Crippen LogP contribution in [0.25, 0.3) is 0 Å². The normalized spacial score (nSPS) is 20.2. The molecule has 0 radical (unpaired) electrons. The Morgan fingerprint density at radius 3 is 2.55 bits per heavy atom. The van der Waals surface area contributed by atoms with Crippen molar-refractivity contribution in [1.29, 1.82) is 0 Å². The number of amides is 2. The van der Waals surface area contributed by atoms with E-state index in [0.29, 0.717) is 29.2 Å². The predicted molar refractivity (Wildman–Crippen MR) is 111 cm³/mol. The van der Waals surface area contributed by atoms with Crippen molar-refractivity contribution in [3.05, 3.63) is 79.5 Å². The summed E-state index contributed by atoms with van der Waals surface area (Å²) in [5.41, 5.74) is 0.791. The van der Waals surface area contributed by atoms with Crippen LogP contribution < -0.4 is 0 Å². The molecule has 146 valence electrons. The summed E-state index contributed by atoms with van der Waals surface area (Å²) in [7, 11) is 0. The largest absolute Gasteiger partial charge is 0.306 e. The third kappa shape index (κ3) is 2.48. The molecular weight excluding hydrogens is 455 g/mol. The van der Waals surface area contributed by atoms with Gasteiger partial charge >= 0.3 is 0 Å². The second kappa shape index (κ2) is 6.67. The van der Waals surface area contributed by atoms with Crippen LogP contribution in [0.5, 0.6) is 0 Å². The maximum absolute atomic E-state index is 13.5. The summed E-state index contributed by atoms with van der Waals surface area (Å²) in [5, 5.41) is 0.666. The number of hydrogen-bond donors (Lipinski definition) is 0. The number of carbonyl (C=O) groups excluding carboxylic acids is 2. The van der Waals surface area contributed by atoms with Gasteiger partial charge in [-0.05, 0) is 29.7 Å². The Morgan fingerprint density at radius 2 is 1.86 bits per heavy atom. The lowest BCUT2D eigenvalue weighted by Crippen LogP contribution is -2.51. The van der Waals surface area contributed by atoms with Crippen LogP contribution in [0.4, 0.5) is 0 Å². The van der Waals surface area contributed by atoms with Crippen molar-refractivity contribution in [2.24, 2.45) is 0 Å². The molecule has 1 aromatic carbocycles. The van der Waals surface area contributed by atoms with E-state index in [1.54, 1.807) is 40.4 Å². The smallest absolute Gasteiger partial charge is 0.277 e. The molecule has 10 heteroatoms. The molecule has 1 unspecified atom stereocenters. The van der Waals surface area contributed by atoms with Crippen molar-refractivity contribution in [1.82, 2.24) is 19.2 Å². The molecule has 1 atom stereocenters. The number of halogens is 3. The quantitative estimate of drug-likeness (QED) is 0.566. The summed E-state index contributed by atoms with van der Waals surface area (Å²) < 4.78 is 4.38. The van der Waals surface area contributed by atoms with Gasteiger partial charge in [0.25, 0.3) is 11.8 Å². The van der Waals surface area contributed by atoms with Crippen molar-refractivity contribution in [2.45, 2.75) is 5.66 Å². The van der Waals surface area contributed by atoms with Crippen molar-refractivity contribution < 1.29 is 9.59 Å². The van der Waals surface area contributed by atoms with Gasteiger partial charge in [-0.25, -0.2) is 0 Å². The maximum atomic E-state index is 13.5. The zero-order valence-corrected chi connectivity index (χ0v) is 17.7. The van der Waals surface area contributed by atoms with Crippen LogP contribution in [0.3, 0.4) is 0 Å². The minimum Gasteiger partial charge on any atom is -0.306 e. The average molecular weight is 466 g/mol. The first kappa shape index (κ1) is 18.8. The van der Waals surface area contributed by atoms with E-state index in [0.717, 1.165) is 17.1 Å². The summed E-state index contributed by atoms with van der Waals surface area (Å²) in [6, 6.07) is 8.76. The molecule has 0 aliphatic carbocycles. The van der Waals surface area contributed by atoms with Crippen LogP contribution in [0.15, 0.2) is 42.7 Å². The minimum atomic E-state index is -1.15. The molecule has 1 fully saturated rings. The topological polar surface area (TPSA) is 66.4 Å². The van der Waals surface area contributed by atoms with Crippen LogP contribution >= 0.6 is 46.3 Å². The van der Waals surface area contributed by atoms with E-state index in [2.05, 4.69) is 9.36 Å². The van der Waals surface area contributed by atoms with Crippen LogP contribution in [0.2, 0.25) is 14.4 Å². The van der Waals surface area contributed by atoms with Crippen molar-refractivity contribution >= 4 is 58.1 Å². The number of hydrogen-bond acceptors (Lipinski definition) is 5. The molecule has 0 bridgehead atoms. The molecule has 6 nitrogen and oxygen atoms in total. The first-order valence-electron chi connectivity index (χ1n) is 8.61. The lowest BCUT2D eigenvalue weighted by atomic mass is 9.91. The summed E-state index contributed by atoms with van der Waals surface area (Å²) in [4.78, 5) is 34.2. The third-order valence-corrected chi connectivity index (χ3v) is 7.16. The Labute approximate surface area is 184 Å². The zero-order valence-electron chi connectivity index (χ0n) is 14.6. The Hall–Kier alpha value is -2.19. The van der Waals surface area contributed by atoms with Gasteiger partial charge in [-0.1, -0.05) is 46.9 Å². The maximum Gasteiger partial charge on any atom is 0.277 e. The molecule has 0 spiro atoms. The SMILES string of the molecule is O=C1c2ccncc2C2(c3ccc(Cl)cc3)N1CCN2C(=O)c1nsc(Cl)c1Cl. The molecule has 29 heavy (non-hydrogen) atoms. The minimum absolute atomic E-state index is 0.0710. The molecule has 2 aliphatic rings. The van der Waals surface area contributed by atoms with Crippen LogP contribution in [-0.2, 0) is 5.66 Å². The monoisotopic (exact) mass is 464 g/mol. The second-order valence-corrected chi connectivity index (χ2v) is 8.82. The van der Waals surface area contributed by atoms with E-state index < -0.39 is 11.6 Å². The van der Waals surface area contributed by atoms with Gasteiger partial charge in [-0.2, -0.15) is 4.37 Å². The van der Waals surface area contributed by atoms with Gasteiger partial charge in [0.15, 0.2) is 11.4 Å². The predicted octanol–water partition coefficient (Wildman–Crippen LogP) is 4.31. The lowest BCUT2D eigenvalue weighted by molar-refractivity contribution is 0.0371. The highest BCUT2D eigenvalue weighted by Gasteiger charge is 2.60. The van der Waals surface area contributed by atoms with Gasteiger partial charge in [-0.3, -0.25) is 14.6 Å². The van der Waals surface area contributed by atoms with Crippen LogP contribution in [-0.4, -0.2) is 44.1 Å². The highest BCUT2D eigenvalue weighted by atomic mass is 35.5. The van der Waals surface area contributed by atoms with Gasteiger partial charge in [0.05, 0.1) is 5.56 Å². The summed E-state index contributed by atoms with van der Waals surface area (Å²) in [5.74, 6) is -0.560. The van der Waals surface area contributed by atoms with E-state index in [-0.39, 0.29) is 21.0 Å². The van der Waals surface area contributed by atoms with E-state index >= 15 is 0 Å². The number of nitrogens with zero attached hydrogens (tertiary/aromatic N) is 4. The second-order valence-electron chi connectivity index (χ2n) is 6.63. The van der Waals surface area contributed by atoms with Gasteiger partial charge in [0.1, 0.15) is 9.36 Å². The molecule has 2 aromatic heterocycles. The number of carbonyl (C=O) groups is 2. The average Bonchev–Trinajstić information content (AvgIpc) is 3.35. The lowest BCUT2D eigenvalue weighted by Gasteiger charge is -2.40. The fraction of sp³-hybridized carbons (Fsp3) is 0.158. The summed E-state index contributed by atoms with van der Waals surface area (Å²) in [6.07, 6.45) is 3.20. The van der Waals surface area contributed by atoms with Gasteiger partial charge in [0, 0.05) is 41.6 Å². The Bertz CT molecular complexity index is 1170. The number of pyridine rings is 1. The fourth-order valence-corrected chi connectivity index (χ4v) is 5.24. The number of rotatable bonds is 2. The van der Waals surface area contributed by atoms with Crippen molar-refractivity contribution in [3.8, 4) is 0 Å².